The van der Waals surface area contributed by atoms with E-state index in [0.717, 1.165) is 0 Å². The lowest BCUT2D eigenvalue weighted by atomic mass is 10.2. The summed E-state index contributed by atoms with van der Waals surface area (Å²) in [6, 6.07) is 9.78. The van der Waals surface area contributed by atoms with E-state index in [-0.39, 0.29) is 22.0 Å². The van der Waals surface area contributed by atoms with Crippen LogP contribution in [0, 0.1) is 0 Å². The number of carbonyl (C=O) groups is 1. The fraction of sp³-hybridized carbons (Fsp3) is 0.118. The van der Waals surface area contributed by atoms with Crippen LogP contribution in [0.25, 0.3) is 10.9 Å². The Balaban J connectivity index is 2.49. The smallest absolute Gasteiger partial charge is 0.356 e. The van der Waals surface area contributed by atoms with E-state index in [1.54, 1.807) is 6.07 Å². The van der Waals surface area contributed by atoms with Crippen LogP contribution in [0.1, 0.15) is 17.4 Å². The predicted octanol–water partition coefficient (Wildman–Crippen LogP) is 3.08. The number of esters is 1. The topological polar surface area (TPSA) is 131 Å². The molecule has 148 valence electrons. The number of benzene rings is 2. The standard InChI is InChI=1S/C17H14ClNO7S2/c1-2-26-17(20)14-16(28(23,24)25)13-12(19-14)9-8-11(18)15(13)27(21,22)10-6-4-3-5-7-10/h3-9,19H,2H2,1H3,(H,23,24,25). The molecule has 0 aliphatic heterocycles. The number of hydrogen-bond acceptors (Lipinski definition) is 6. The largest absolute Gasteiger partial charge is 0.461 e. The molecule has 28 heavy (non-hydrogen) atoms. The van der Waals surface area contributed by atoms with Crippen LogP contribution in [0.3, 0.4) is 0 Å². The van der Waals surface area contributed by atoms with Crippen LogP contribution >= 0.6 is 11.6 Å². The molecule has 0 spiro atoms. The summed E-state index contributed by atoms with van der Waals surface area (Å²) in [5.41, 5.74) is -0.610. The SMILES string of the molecule is CCOC(=O)c1[nH]c2ccc(Cl)c(S(=O)(=O)c3ccccc3)c2c1S(=O)(=O)O. The van der Waals surface area contributed by atoms with E-state index in [2.05, 4.69) is 4.98 Å². The third-order valence-corrected chi connectivity index (χ3v) is 7.09. The molecule has 2 aromatic carbocycles. The summed E-state index contributed by atoms with van der Waals surface area (Å²) in [6.07, 6.45) is 0. The van der Waals surface area contributed by atoms with Gasteiger partial charge in [-0.3, -0.25) is 4.55 Å². The quantitative estimate of drug-likeness (QED) is 0.457. The highest BCUT2D eigenvalue weighted by Gasteiger charge is 2.34. The molecule has 3 rings (SSSR count). The second kappa shape index (κ2) is 7.21. The molecule has 11 heteroatoms. The van der Waals surface area contributed by atoms with E-state index in [9.17, 15) is 26.2 Å². The van der Waals surface area contributed by atoms with E-state index in [1.165, 1.54) is 43.3 Å². The van der Waals surface area contributed by atoms with Gasteiger partial charge >= 0.3 is 5.97 Å². The van der Waals surface area contributed by atoms with E-state index in [1.807, 2.05) is 0 Å². The fourth-order valence-electron chi connectivity index (χ4n) is 2.79. The zero-order valence-corrected chi connectivity index (χ0v) is 16.7. The van der Waals surface area contributed by atoms with E-state index < -0.39 is 46.8 Å². The maximum atomic E-state index is 13.2. The first kappa shape index (κ1) is 20.3. The molecule has 0 atom stereocenters. The normalized spacial score (nSPS) is 12.2. The van der Waals surface area contributed by atoms with Crippen LogP contribution in [0.15, 0.2) is 57.2 Å². The van der Waals surface area contributed by atoms with Crippen LogP contribution in [0.4, 0.5) is 0 Å². The molecule has 0 unspecified atom stereocenters. The number of aromatic amines is 1. The zero-order chi connectivity index (χ0) is 20.7. The number of H-pyrrole nitrogens is 1. The van der Waals surface area contributed by atoms with Gasteiger partial charge in [0.1, 0.15) is 15.5 Å². The molecule has 0 aliphatic carbocycles. The van der Waals surface area contributed by atoms with Crippen molar-refractivity contribution in [2.45, 2.75) is 21.6 Å². The van der Waals surface area contributed by atoms with Crippen LogP contribution < -0.4 is 0 Å². The minimum absolute atomic E-state index is 0.0189. The van der Waals surface area contributed by atoms with Crippen LogP contribution in [0.5, 0.6) is 0 Å². The number of ether oxygens (including phenoxy) is 1. The molecule has 2 N–H and O–H groups in total. The summed E-state index contributed by atoms with van der Waals surface area (Å²) in [6.45, 7) is 1.45. The van der Waals surface area contributed by atoms with Crippen LogP contribution in [-0.2, 0) is 24.7 Å². The molecule has 8 nitrogen and oxygen atoms in total. The van der Waals surface area contributed by atoms with Gasteiger partial charge in [-0.1, -0.05) is 29.8 Å². The molecule has 0 saturated heterocycles. The Morgan fingerprint density at radius 2 is 1.71 bits per heavy atom. The summed E-state index contributed by atoms with van der Waals surface area (Å²) in [5.74, 6) is -1.06. The minimum atomic E-state index is -5.02. The van der Waals surface area contributed by atoms with Crippen LogP contribution in [0.2, 0.25) is 5.02 Å². The molecule has 0 radical (unpaired) electrons. The fourth-order valence-corrected chi connectivity index (χ4v) is 5.73. The molecule has 0 fully saturated rings. The van der Waals surface area contributed by atoms with E-state index in [4.69, 9.17) is 16.3 Å². The first-order valence-electron chi connectivity index (χ1n) is 7.88. The maximum Gasteiger partial charge on any atom is 0.356 e. The average Bonchev–Trinajstić information content (AvgIpc) is 3.02. The number of halogens is 1. The Kier molecular flexibility index (Phi) is 5.24. The zero-order valence-electron chi connectivity index (χ0n) is 14.3. The van der Waals surface area contributed by atoms with Crippen molar-refractivity contribution in [1.82, 2.24) is 4.98 Å². The summed E-state index contributed by atoms with van der Waals surface area (Å²) in [7, 11) is -9.30. The molecule has 0 saturated carbocycles. The Morgan fingerprint density at radius 3 is 2.29 bits per heavy atom. The van der Waals surface area contributed by atoms with Gasteiger partial charge in [0.25, 0.3) is 10.1 Å². The lowest BCUT2D eigenvalue weighted by Gasteiger charge is -2.09. The molecule has 0 amide bonds. The molecular formula is C17H14ClNO7S2. The lowest BCUT2D eigenvalue weighted by Crippen LogP contribution is -2.11. The summed E-state index contributed by atoms with van der Waals surface area (Å²) in [4.78, 5) is 13.1. The highest BCUT2D eigenvalue weighted by Crippen LogP contribution is 2.39. The minimum Gasteiger partial charge on any atom is -0.461 e. The highest BCUT2D eigenvalue weighted by molar-refractivity contribution is 7.92. The average molecular weight is 444 g/mol. The third-order valence-electron chi connectivity index (χ3n) is 3.88. The Bertz CT molecular complexity index is 1280. The van der Waals surface area contributed by atoms with Crippen molar-refractivity contribution >= 4 is 48.4 Å². The first-order chi connectivity index (χ1) is 13.1. The summed E-state index contributed by atoms with van der Waals surface area (Å²) >= 11 is 6.12. The van der Waals surface area contributed by atoms with Crippen molar-refractivity contribution in [3.8, 4) is 0 Å². The van der Waals surface area contributed by atoms with Gasteiger partial charge in [-0.15, -0.1) is 0 Å². The van der Waals surface area contributed by atoms with Gasteiger partial charge in [-0.05, 0) is 31.2 Å². The highest BCUT2D eigenvalue weighted by atomic mass is 35.5. The number of carbonyl (C=O) groups excluding carboxylic acids is 1. The van der Waals surface area contributed by atoms with Crippen molar-refractivity contribution in [3.05, 3.63) is 53.2 Å². The van der Waals surface area contributed by atoms with Crippen molar-refractivity contribution in [2.24, 2.45) is 0 Å². The van der Waals surface area contributed by atoms with E-state index >= 15 is 0 Å². The molecular weight excluding hydrogens is 430 g/mol. The molecule has 0 bridgehead atoms. The van der Waals surface area contributed by atoms with Gasteiger partial charge in [0, 0.05) is 10.9 Å². The third kappa shape index (κ3) is 3.39. The Hall–Kier alpha value is -2.40. The van der Waals surface area contributed by atoms with Crippen LogP contribution in [-0.4, -0.2) is 38.9 Å². The summed E-state index contributed by atoms with van der Waals surface area (Å²) < 4.78 is 65.0. The lowest BCUT2D eigenvalue weighted by molar-refractivity contribution is 0.0515. The van der Waals surface area contributed by atoms with Gasteiger partial charge in [0.2, 0.25) is 9.84 Å². The number of sulfone groups is 1. The summed E-state index contributed by atoms with van der Waals surface area (Å²) in [5, 5.41) is -0.683. The molecule has 1 aromatic heterocycles. The van der Waals surface area contributed by atoms with Crippen molar-refractivity contribution in [3.63, 3.8) is 0 Å². The van der Waals surface area contributed by atoms with Gasteiger partial charge in [0.15, 0.2) is 0 Å². The predicted molar refractivity (Wildman–Crippen MR) is 101 cm³/mol. The second-order valence-corrected chi connectivity index (χ2v) is 9.29. The monoisotopic (exact) mass is 443 g/mol. The van der Waals surface area contributed by atoms with Gasteiger partial charge in [-0.25, -0.2) is 13.2 Å². The first-order valence-corrected chi connectivity index (χ1v) is 11.2. The molecule has 1 heterocycles. The van der Waals surface area contributed by atoms with Crippen molar-refractivity contribution in [1.29, 1.82) is 0 Å². The van der Waals surface area contributed by atoms with Crippen molar-refractivity contribution in [2.75, 3.05) is 6.61 Å². The number of nitrogens with one attached hydrogen (secondary N) is 1. The Labute approximate surface area is 165 Å². The Morgan fingerprint density at radius 1 is 1.07 bits per heavy atom. The molecule has 0 aliphatic rings. The number of hydrogen-bond donors (Lipinski definition) is 2. The van der Waals surface area contributed by atoms with E-state index in [0.29, 0.717) is 0 Å². The van der Waals surface area contributed by atoms with Crippen molar-refractivity contribution < 1.29 is 30.9 Å². The van der Waals surface area contributed by atoms with Gasteiger partial charge in [-0.2, -0.15) is 8.42 Å². The van der Waals surface area contributed by atoms with Gasteiger partial charge < -0.3 is 9.72 Å². The second-order valence-electron chi connectivity index (χ2n) is 5.64. The number of aromatic nitrogens is 1. The number of fused-ring (bicyclic) bond motifs is 1. The number of rotatable bonds is 5. The van der Waals surface area contributed by atoms with Gasteiger partial charge in [0.05, 0.1) is 16.5 Å². The maximum absolute atomic E-state index is 13.2. The molecule has 3 aromatic rings.